The number of anilines is 2. The topological polar surface area (TPSA) is 15.3 Å². The van der Waals surface area contributed by atoms with Crippen molar-refractivity contribution >= 4 is 23.0 Å². The van der Waals surface area contributed by atoms with Gasteiger partial charge in [-0.05, 0) is 49.1 Å². The zero-order valence-corrected chi connectivity index (χ0v) is 13.5. The fourth-order valence-corrected chi connectivity index (χ4v) is 3.25. The summed E-state index contributed by atoms with van der Waals surface area (Å²) in [6.45, 7) is 2.15. The first-order valence-electron chi connectivity index (χ1n) is 7.37. The Balaban J connectivity index is 1.93. The Morgan fingerprint density at radius 2 is 1.95 bits per heavy atom. The first kappa shape index (κ1) is 14.3. The van der Waals surface area contributed by atoms with Crippen LogP contribution >= 0.6 is 11.6 Å². The number of aryl methyl sites for hydroxylation is 2. The monoisotopic (exact) mass is 300 g/mol. The van der Waals surface area contributed by atoms with Crippen molar-refractivity contribution in [2.45, 2.75) is 25.8 Å². The fourth-order valence-electron chi connectivity index (χ4n) is 3.07. The molecule has 0 amide bonds. The summed E-state index contributed by atoms with van der Waals surface area (Å²) in [6.07, 6.45) is 2.28. The lowest BCUT2D eigenvalue weighted by Crippen LogP contribution is -2.14. The predicted molar refractivity (Wildman–Crippen MR) is 91.6 cm³/mol. The maximum Gasteiger partial charge on any atom is 0.0598 e. The molecule has 2 aromatic rings. The first-order valence-corrected chi connectivity index (χ1v) is 7.75. The van der Waals surface area contributed by atoms with E-state index in [4.69, 9.17) is 11.6 Å². The molecule has 0 spiro atoms. The summed E-state index contributed by atoms with van der Waals surface area (Å²) in [5, 5.41) is 4.46. The van der Waals surface area contributed by atoms with Gasteiger partial charge in [-0.3, -0.25) is 0 Å². The Kier molecular flexibility index (Phi) is 3.81. The summed E-state index contributed by atoms with van der Waals surface area (Å²) in [7, 11) is 4.11. The van der Waals surface area contributed by atoms with Gasteiger partial charge in [-0.1, -0.05) is 35.4 Å². The molecule has 2 nitrogen and oxygen atoms in total. The Morgan fingerprint density at radius 3 is 2.71 bits per heavy atom. The van der Waals surface area contributed by atoms with Gasteiger partial charge in [-0.25, -0.2) is 0 Å². The molecule has 110 valence electrons. The average molecular weight is 301 g/mol. The minimum atomic E-state index is 0.372. The molecular weight excluding hydrogens is 280 g/mol. The zero-order chi connectivity index (χ0) is 15.0. The van der Waals surface area contributed by atoms with Crippen molar-refractivity contribution in [2.75, 3.05) is 24.3 Å². The molecule has 0 fully saturated rings. The second-order valence-corrected chi connectivity index (χ2v) is 6.43. The number of halogens is 1. The van der Waals surface area contributed by atoms with Gasteiger partial charge in [0.05, 0.1) is 17.4 Å². The lowest BCUT2D eigenvalue weighted by molar-refractivity contribution is 0.761. The summed E-state index contributed by atoms with van der Waals surface area (Å²) in [5.41, 5.74) is 6.49. The van der Waals surface area contributed by atoms with Crippen molar-refractivity contribution in [1.29, 1.82) is 0 Å². The molecule has 0 saturated heterocycles. The first-order chi connectivity index (χ1) is 10.0. The van der Waals surface area contributed by atoms with Gasteiger partial charge >= 0.3 is 0 Å². The lowest BCUT2D eigenvalue weighted by Gasteiger charge is -2.22. The minimum Gasteiger partial charge on any atom is -0.377 e. The van der Waals surface area contributed by atoms with Gasteiger partial charge in [0.2, 0.25) is 0 Å². The number of nitrogens with one attached hydrogen (secondary N) is 1. The van der Waals surface area contributed by atoms with Gasteiger partial charge < -0.3 is 10.2 Å². The second kappa shape index (κ2) is 5.61. The van der Waals surface area contributed by atoms with Crippen LogP contribution in [0.2, 0.25) is 5.02 Å². The van der Waals surface area contributed by atoms with E-state index in [-0.39, 0.29) is 0 Å². The molecule has 3 rings (SSSR count). The van der Waals surface area contributed by atoms with Crippen LogP contribution in [0.4, 0.5) is 11.4 Å². The zero-order valence-electron chi connectivity index (χ0n) is 12.8. The number of hydrogen-bond donors (Lipinski definition) is 1. The molecule has 0 saturated carbocycles. The van der Waals surface area contributed by atoms with Gasteiger partial charge in [0.1, 0.15) is 0 Å². The normalized spacial score (nSPS) is 16.7. The van der Waals surface area contributed by atoms with Crippen molar-refractivity contribution in [2.24, 2.45) is 0 Å². The summed E-state index contributed by atoms with van der Waals surface area (Å²) < 4.78 is 0. The highest BCUT2D eigenvalue weighted by atomic mass is 35.5. The van der Waals surface area contributed by atoms with Crippen molar-refractivity contribution in [1.82, 2.24) is 0 Å². The van der Waals surface area contributed by atoms with Crippen molar-refractivity contribution < 1.29 is 0 Å². The van der Waals surface area contributed by atoms with Crippen LogP contribution in [0, 0.1) is 6.92 Å². The predicted octanol–water partition coefficient (Wildman–Crippen LogP) is 4.81. The van der Waals surface area contributed by atoms with Crippen LogP contribution in [0.5, 0.6) is 0 Å². The largest absolute Gasteiger partial charge is 0.377 e. The number of rotatable bonds is 3. The van der Waals surface area contributed by atoms with E-state index in [1.807, 2.05) is 12.1 Å². The number of hydrogen-bond acceptors (Lipinski definition) is 2. The maximum absolute atomic E-state index is 6.17. The van der Waals surface area contributed by atoms with Crippen LogP contribution in [0.3, 0.4) is 0 Å². The Labute approximate surface area is 131 Å². The van der Waals surface area contributed by atoms with E-state index in [2.05, 4.69) is 55.5 Å². The van der Waals surface area contributed by atoms with E-state index in [1.165, 1.54) is 22.4 Å². The molecule has 0 aromatic heterocycles. The highest BCUT2D eigenvalue weighted by Crippen LogP contribution is 2.37. The molecule has 1 aliphatic rings. The van der Waals surface area contributed by atoms with Crippen LogP contribution in [0.1, 0.15) is 29.2 Å². The second-order valence-electron chi connectivity index (χ2n) is 5.99. The van der Waals surface area contributed by atoms with Crippen LogP contribution in [-0.2, 0) is 6.42 Å². The quantitative estimate of drug-likeness (QED) is 0.875. The van der Waals surface area contributed by atoms with Gasteiger partial charge in [-0.2, -0.15) is 0 Å². The summed E-state index contributed by atoms with van der Waals surface area (Å²) in [5.74, 6) is 0. The molecule has 0 heterocycles. The van der Waals surface area contributed by atoms with Crippen molar-refractivity contribution in [3.63, 3.8) is 0 Å². The van der Waals surface area contributed by atoms with Crippen LogP contribution in [0.25, 0.3) is 0 Å². The highest BCUT2D eigenvalue weighted by Gasteiger charge is 2.23. The SMILES string of the molecule is Cc1ccc2c(c1)C(Nc1cc(Cl)ccc1N(C)C)CC2. The maximum atomic E-state index is 6.17. The summed E-state index contributed by atoms with van der Waals surface area (Å²) in [6, 6.07) is 13.2. The van der Waals surface area contributed by atoms with Gasteiger partial charge in [0.15, 0.2) is 0 Å². The fraction of sp³-hybridized carbons (Fsp3) is 0.333. The molecule has 21 heavy (non-hydrogen) atoms. The molecular formula is C18H21ClN2. The van der Waals surface area contributed by atoms with E-state index in [0.29, 0.717) is 6.04 Å². The Hall–Kier alpha value is -1.67. The number of nitrogens with zero attached hydrogens (tertiary/aromatic N) is 1. The molecule has 0 radical (unpaired) electrons. The molecule has 1 N–H and O–H groups in total. The van der Waals surface area contributed by atoms with E-state index in [9.17, 15) is 0 Å². The third-order valence-electron chi connectivity index (χ3n) is 4.15. The Bertz CT molecular complexity index is 664. The summed E-state index contributed by atoms with van der Waals surface area (Å²) in [4.78, 5) is 2.12. The van der Waals surface area contributed by atoms with E-state index < -0.39 is 0 Å². The highest BCUT2D eigenvalue weighted by molar-refractivity contribution is 6.31. The van der Waals surface area contributed by atoms with Crippen LogP contribution in [-0.4, -0.2) is 14.1 Å². The molecule has 3 heteroatoms. The molecule has 2 aromatic carbocycles. The molecule has 1 unspecified atom stereocenters. The molecule has 1 aliphatic carbocycles. The third-order valence-corrected chi connectivity index (χ3v) is 4.38. The van der Waals surface area contributed by atoms with E-state index in [1.54, 1.807) is 0 Å². The van der Waals surface area contributed by atoms with Crippen LogP contribution < -0.4 is 10.2 Å². The molecule has 1 atom stereocenters. The van der Waals surface area contributed by atoms with Gasteiger partial charge in [-0.15, -0.1) is 0 Å². The third kappa shape index (κ3) is 2.86. The average Bonchev–Trinajstić information content (AvgIpc) is 2.81. The number of fused-ring (bicyclic) bond motifs is 1. The van der Waals surface area contributed by atoms with Crippen LogP contribution in [0.15, 0.2) is 36.4 Å². The van der Waals surface area contributed by atoms with Crippen molar-refractivity contribution in [3.05, 3.63) is 58.1 Å². The lowest BCUT2D eigenvalue weighted by atomic mass is 10.0. The minimum absolute atomic E-state index is 0.372. The van der Waals surface area contributed by atoms with E-state index >= 15 is 0 Å². The standard InChI is InChI=1S/C18H21ClN2/c1-12-4-5-13-6-8-16(15(13)10-12)20-17-11-14(19)7-9-18(17)21(2)3/h4-5,7,9-11,16,20H,6,8H2,1-3H3. The smallest absolute Gasteiger partial charge is 0.0598 e. The summed E-state index contributed by atoms with van der Waals surface area (Å²) >= 11 is 6.17. The Morgan fingerprint density at radius 1 is 1.14 bits per heavy atom. The number of benzene rings is 2. The molecule has 0 bridgehead atoms. The van der Waals surface area contributed by atoms with Crippen molar-refractivity contribution in [3.8, 4) is 0 Å². The van der Waals surface area contributed by atoms with Gasteiger partial charge in [0.25, 0.3) is 0 Å². The van der Waals surface area contributed by atoms with Gasteiger partial charge in [0, 0.05) is 19.1 Å². The molecule has 0 aliphatic heterocycles. The van der Waals surface area contributed by atoms with E-state index in [0.717, 1.165) is 23.6 Å².